The van der Waals surface area contributed by atoms with Crippen LogP contribution in [0.5, 0.6) is 5.75 Å². The summed E-state index contributed by atoms with van der Waals surface area (Å²) in [6.07, 6.45) is 0.392. The molecule has 1 aliphatic heterocycles. The van der Waals surface area contributed by atoms with Crippen LogP contribution in [0.15, 0.2) is 42.5 Å². The lowest BCUT2D eigenvalue weighted by molar-refractivity contribution is -0.118. The second kappa shape index (κ2) is 8.83. The Bertz CT molecular complexity index is 768. The Morgan fingerprint density at radius 1 is 1.11 bits per heavy atom. The fraction of sp³-hybridized carbons (Fsp3) is 0.350. The molecule has 27 heavy (non-hydrogen) atoms. The van der Waals surface area contributed by atoms with Gasteiger partial charge in [0.1, 0.15) is 0 Å². The number of halogens is 2. The van der Waals surface area contributed by atoms with E-state index in [0.29, 0.717) is 21.5 Å². The second-order valence-corrected chi connectivity index (χ2v) is 7.41. The molecule has 1 N–H and O–H groups in total. The van der Waals surface area contributed by atoms with Crippen LogP contribution in [0, 0.1) is 0 Å². The van der Waals surface area contributed by atoms with Gasteiger partial charge in [-0.2, -0.15) is 0 Å². The summed E-state index contributed by atoms with van der Waals surface area (Å²) in [6, 6.07) is 12.8. The van der Waals surface area contributed by atoms with Crippen LogP contribution in [0.1, 0.15) is 13.8 Å². The van der Waals surface area contributed by atoms with Crippen molar-refractivity contribution < 1.29 is 14.3 Å². The van der Waals surface area contributed by atoms with Gasteiger partial charge in [0, 0.05) is 24.5 Å². The highest BCUT2D eigenvalue weighted by atomic mass is 35.5. The molecule has 144 valence electrons. The number of hydrogen-bond donors (Lipinski definition) is 1. The molecule has 0 bridgehead atoms. The van der Waals surface area contributed by atoms with Crippen LogP contribution in [0.25, 0.3) is 0 Å². The number of benzene rings is 2. The summed E-state index contributed by atoms with van der Waals surface area (Å²) in [6.45, 7) is 5.67. The molecular formula is C20H22Cl2N2O3. The maximum Gasteiger partial charge on any atom is 0.262 e. The molecule has 2 aromatic carbocycles. The predicted molar refractivity (Wildman–Crippen MR) is 109 cm³/mol. The molecule has 0 spiro atoms. The normalized spacial score (nSPS) is 19.6. The van der Waals surface area contributed by atoms with Gasteiger partial charge in [0.25, 0.3) is 5.91 Å². The first-order valence-electron chi connectivity index (χ1n) is 8.79. The van der Waals surface area contributed by atoms with Crippen LogP contribution < -0.4 is 15.0 Å². The molecule has 0 radical (unpaired) electrons. The number of amides is 1. The van der Waals surface area contributed by atoms with Gasteiger partial charge in [-0.25, -0.2) is 0 Å². The molecular weight excluding hydrogens is 387 g/mol. The van der Waals surface area contributed by atoms with Crippen LogP contribution in [0.2, 0.25) is 10.0 Å². The van der Waals surface area contributed by atoms with Gasteiger partial charge in [0.15, 0.2) is 12.4 Å². The van der Waals surface area contributed by atoms with Crippen LogP contribution in [0.3, 0.4) is 0 Å². The number of ether oxygens (including phenoxy) is 2. The topological polar surface area (TPSA) is 50.8 Å². The number of rotatable bonds is 5. The summed E-state index contributed by atoms with van der Waals surface area (Å²) in [5.41, 5.74) is 1.81. The lowest BCUT2D eigenvalue weighted by atomic mass is 10.2. The first kappa shape index (κ1) is 19.8. The van der Waals surface area contributed by atoms with Crippen molar-refractivity contribution in [1.82, 2.24) is 0 Å². The van der Waals surface area contributed by atoms with Gasteiger partial charge in [-0.3, -0.25) is 4.79 Å². The molecule has 2 atom stereocenters. The molecule has 1 amide bonds. The van der Waals surface area contributed by atoms with E-state index in [1.54, 1.807) is 18.2 Å². The summed E-state index contributed by atoms with van der Waals surface area (Å²) in [5, 5.41) is 3.54. The molecule has 3 rings (SSSR count). The van der Waals surface area contributed by atoms with Gasteiger partial charge < -0.3 is 19.7 Å². The zero-order chi connectivity index (χ0) is 19.4. The molecule has 1 fully saturated rings. The minimum atomic E-state index is -0.285. The van der Waals surface area contributed by atoms with Gasteiger partial charge in [0.2, 0.25) is 0 Å². The molecule has 2 aromatic rings. The van der Waals surface area contributed by atoms with Crippen molar-refractivity contribution in [3.63, 3.8) is 0 Å². The van der Waals surface area contributed by atoms with Gasteiger partial charge in [-0.15, -0.1) is 0 Å². The number of carbonyl (C=O) groups excluding carboxylic acids is 1. The monoisotopic (exact) mass is 408 g/mol. The van der Waals surface area contributed by atoms with Gasteiger partial charge in [-0.1, -0.05) is 29.3 Å². The van der Waals surface area contributed by atoms with E-state index in [9.17, 15) is 4.79 Å². The molecule has 1 saturated heterocycles. The predicted octanol–water partition coefficient (Wildman–Crippen LogP) is 4.62. The molecule has 0 aliphatic carbocycles. The Labute approximate surface area is 169 Å². The number of anilines is 2. The third kappa shape index (κ3) is 5.28. The van der Waals surface area contributed by atoms with Gasteiger partial charge in [0.05, 0.1) is 22.3 Å². The summed E-state index contributed by atoms with van der Waals surface area (Å²) in [7, 11) is 0. The van der Waals surface area contributed by atoms with Gasteiger partial charge in [-0.05, 0) is 50.2 Å². The minimum Gasteiger partial charge on any atom is -0.481 e. The van der Waals surface area contributed by atoms with Crippen molar-refractivity contribution >= 4 is 40.5 Å². The average Bonchev–Trinajstić information content (AvgIpc) is 2.61. The maximum absolute atomic E-state index is 12.1. The van der Waals surface area contributed by atoms with E-state index in [4.69, 9.17) is 32.7 Å². The van der Waals surface area contributed by atoms with Crippen LogP contribution in [0.4, 0.5) is 11.4 Å². The molecule has 7 heteroatoms. The largest absolute Gasteiger partial charge is 0.481 e. The van der Waals surface area contributed by atoms with E-state index in [1.807, 2.05) is 24.3 Å². The lowest BCUT2D eigenvalue weighted by Crippen LogP contribution is -2.45. The number of nitrogens with one attached hydrogen (secondary N) is 1. The zero-order valence-corrected chi connectivity index (χ0v) is 16.8. The van der Waals surface area contributed by atoms with E-state index >= 15 is 0 Å². The lowest BCUT2D eigenvalue weighted by Gasteiger charge is -2.36. The minimum absolute atomic E-state index is 0.177. The standard InChI is InChI=1S/C20H22Cl2N2O3/c1-13-10-24(11-14(2)27-13)16-8-6-15(7-9-16)23-19(25)12-26-20-17(21)4-3-5-18(20)22/h3-9,13-14H,10-12H2,1-2H3,(H,23,25). The first-order chi connectivity index (χ1) is 12.9. The molecule has 1 heterocycles. The summed E-state index contributed by atoms with van der Waals surface area (Å²) in [5.74, 6) is 0.0224. The first-order valence-corrected chi connectivity index (χ1v) is 9.55. The van der Waals surface area contributed by atoms with Crippen molar-refractivity contribution in [2.75, 3.05) is 29.9 Å². The zero-order valence-electron chi connectivity index (χ0n) is 15.2. The Morgan fingerprint density at radius 2 is 1.70 bits per heavy atom. The van der Waals surface area contributed by atoms with Crippen molar-refractivity contribution in [3.05, 3.63) is 52.5 Å². The number of para-hydroxylation sites is 1. The second-order valence-electron chi connectivity index (χ2n) is 6.60. The SMILES string of the molecule is CC1CN(c2ccc(NC(=O)COc3c(Cl)cccc3Cl)cc2)CC(C)O1. The molecule has 5 nitrogen and oxygen atoms in total. The smallest absolute Gasteiger partial charge is 0.262 e. The molecule has 0 saturated carbocycles. The Kier molecular flexibility index (Phi) is 6.47. The maximum atomic E-state index is 12.1. The van der Waals surface area contributed by atoms with Crippen molar-refractivity contribution in [2.45, 2.75) is 26.1 Å². The quantitative estimate of drug-likeness (QED) is 0.783. The fourth-order valence-electron chi connectivity index (χ4n) is 3.10. The molecule has 2 unspecified atom stereocenters. The summed E-state index contributed by atoms with van der Waals surface area (Å²) >= 11 is 12.1. The fourth-order valence-corrected chi connectivity index (χ4v) is 3.61. The van der Waals surface area contributed by atoms with Crippen molar-refractivity contribution in [2.24, 2.45) is 0 Å². The van der Waals surface area contributed by atoms with Crippen molar-refractivity contribution in [3.8, 4) is 5.75 Å². The van der Waals surface area contributed by atoms with Gasteiger partial charge >= 0.3 is 0 Å². The van der Waals surface area contributed by atoms with E-state index in [2.05, 4.69) is 24.1 Å². The molecule has 0 aromatic heterocycles. The third-order valence-electron chi connectivity index (χ3n) is 4.20. The van der Waals surface area contributed by atoms with E-state index in [0.717, 1.165) is 18.8 Å². The summed E-state index contributed by atoms with van der Waals surface area (Å²) in [4.78, 5) is 14.4. The Hall–Kier alpha value is -1.95. The Morgan fingerprint density at radius 3 is 2.30 bits per heavy atom. The van der Waals surface area contributed by atoms with Crippen molar-refractivity contribution in [1.29, 1.82) is 0 Å². The average molecular weight is 409 g/mol. The van der Waals surface area contributed by atoms with E-state index in [-0.39, 0.29) is 24.7 Å². The number of hydrogen-bond acceptors (Lipinski definition) is 4. The Balaban J connectivity index is 1.55. The van der Waals surface area contributed by atoms with Crippen LogP contribution in [-0.4, -0.2) is 37.8 Å². The molecule has 1 aliphatic rings. The number of morpholine rings is 1. The highest BCUT2D eigenvalue weighted by Gasteiger charge is 2.22. The highest BCUT2D eigenvalue weighted by molar-refractivity contribution is 6.37. The van der Waals surface area contributed by atoms with Crippen LogP contribution in [-0.2, 0) is 9.53 Å². The van der Waals surface area contributed by atoms with E-state index < -0.39 is 0 Å². The number of carbonyl (C=O) groups is 1. The summed E-state index contributed by atoms with van der Waals surface area (Å²) < 4.78 is 11.2. The van der Waals surface area contributed by atoms with E-state index in [1.165, 1.54) is 0 Å². The van der Waals surface area contributed by atoms with Crippen LogP contribution >= 0.6 is 23.2 Å². The number of nitrogens with zero attached hydrogens (tertiary/aromatic N) is 1. The third-order valence-corrected chi connectivity index (χ3v) is 4.80. The highest BCUT2D eigenvalue weighted by Crippen LogP contribution is 2.32.